The molecule has 0 bridgehead atoms. The SMILES string of the molecule is COC(=O)C1=C(N)OC2=C(C(=O)CC(C)(C)C2)[C@@H]1c1ccc(OCc2cccc([N+](=O)[O-])c2)c(Br)c1. The highest BCUT2D eigenvalue weighted by atomic mass is 79.9. The number of non-ortho nitro benzene ring substituents is 1. The van der Waals surface area contributed by atoms with Crippen molar-refractivity contribution in [1.29, 1.82) is 0 Å². The first-order valence-corrected chi connectivity index (χ1v) is 12.0. The number of ether oxygens (including phenoxy) is 3. The van der Waals surface area contributed by atoms with Crippen LogP contribution in [0.4, 0.5) is 5.69 Å². The van der Waals surface area contributed by atoms with Crippen molar-refractivity contribution >= 4 is 33.4 Å². The number of nitrogens with two attached hydrogens (primary N) is 1. The Labute approximate surface area is 216 Å². The van der Waals surface area contributed by atoms with E-state index in [1.165, 1.54) is 19.2 Å². The fraction of sp³-hybridized carbons (Fsp3) is 0.308. The molecule has 0 fully saturated rings. The fourth-order valence-electron chi connectivity index (χ4n) is 4.56. The van der Waals surface area contributed by atoms with Crippen LogP contribution in [0.3, 0.4) is 0 Å². The van der Waals surface area contributed by atoms with Crippen LogP contribution >= 0.6 is 15.9 Å². The van der Waals surface area contributed by atoms with E-state index in [-0.39, 0.29) is 34.9 Å². The molecular formula is C26H25BrN2O7. The standard InChI is InChI=1S/C26H25BrN2O7/c1-26(2)11-18(30)22-20(12-26)36-24(28)23(25(31)34-3)21(22)15-7-8-19(17(27)10-15)35-13-14-5-4-6-16(9-14)29(32)33/h4-10,21H,11-13,28H2,1-3H3/t21-/m0/s1. The molecule has 1 aliphatic carbocycles. The molecule has 9 nitrogen and oxygen atoms in total. The van der Waals surface area contributed by atoms with Gasteiger partial charge in [-0.15, -0.1) is 0 Å². The maximum atomic E-state index is 13.2. The Morgan fingerprint density at radius 2 is 2.00 bits per heavy atom. The van der Waals surface area contributed by atoms with E-state index in [2.05, 4.69) is 15.9 Å². The van der Waals surface area contributed by atoms with Crippen molar-refractivity contribution in [2.24, 2.45) is 11.1 Å². The van der Waals surface area contributed by atoms with Crippen LogP contribution in [0.5, 0.6) is 5.75 Å². The number of Topliss-reactive ketones (excluding diaryl/α,β-unsaturated/α-hetero) is 1. The third-order valence-corrected chi connectivity index (χ3v) is 6.79. The second-order valence-corrected chi connectivity index (χ2v) is 10.3. The Morgan fingerprint density at radius 3 is 2.67 bits per heavy atom. The van der Waals surface area contributed by atoms with Crippen molar-refractivity contribution in [2.45, 2.75) is 39.2 Å². The summed E-state index contributed by atoms with van der Waals surface area (Å²) in [4.78, 5) is 36.5. The first kappa shape index (κ1) is 25.4. The summed E-state index contributed by atoms with van der Waals surface area (Å²) in [7, 11) is 1.25. The second kappa shape index (κ2) is 9.77. The molecule has 1 heterocycles. The third kappa shape index (κ3) is 4.99. The number of benzene rings is 2. The van der Waals surface area contributed by atoms with Gasteiger partial charge in [0.2, 0.25) is 5.88 Å². The molecule has 4 rings (SSSR count). The predicted molar refractivity (Wildman–Crippen MR) is 134 cm³/mol. The largest absolute Gasteiger partial charge is 0.488 e. The highest BCUT2D eigenvalue weighted by Gasteiger charge is 2.45. The summed E-state index contributed by atoms with van der Waals surface area (Å²) in [5.41, 5.74) is 7.60. The summed E-state index contributed by atoms with van der Waals surface area (Å²) in [6.07, 6.45) is 0.816. The van der Waals surface area contributed by atoms with Crippen LogP contribution in [0.25, 0.3) is 0 Å². The number of carbonyl (C=O) groups excluding carboxylic acids is 2. The molecule has 0 spiro atoms. The fourth-order valence-corrected chi connectivity index (χ4v) is 5.07. The van der Waals surface area contributed by atoms with Crippen LogP contribution in [-0.2, 0) is 25.7 Å². The van der Waals surface area contributed by atoms with Crippen LogP contribution in [0, 0.1) is 15.5 Å². The third-order valence-electron chi connectivity index (χ3n) is 6.17. The lowest BCUT2D eigenvalue weighted by atomic mass is 9.70. The number of hydrogen-bond donors (Lipinski definition) is 1. The number of nitro benzene ring substituents is 1. The number of ketones is 1. The second-order valence-electron chi connectivity index (χ2n) is 9.49. The van der Waals surface area contributed by atoms with Gasteiger partial charge in [-0.2, -0.15) is 0 Å². The van der Waals surface area contributed by atoms with Gasteiger partial charge in [0.1, 0.15) is 23.7 Å². The smallest absolute Gasteiger partial charge is 0.340 e. The van der Waals surface area contributed by atoms with Gasteiger partial charge >= 0.3 is 5.97 Å². The van der Waals surface area contributed by atoms with Gasteiger partial charge in [0.15, 0.2) is 5.78 Å². The molecule has 36 heavy (non-hydrogen) atoms. The van der Waals surface area contributed by atoms with E-state index in [0.29, 0.717) is 45.5 Å². The Hall–Kier alpha value is -3.66. The number of nitrogens with zero attached hydrogens (tertiary/aromatic N) is 1. The zero-order valence-corrected chi connectivity index (χ0v) is 21.6. The zero-order chi connectivity index (χ0) is 26.2. The van der Waals surface area contributed by atoms with Gasteiger partial charge < -0.3 is 19.9 Å². The molecule has 2 aromatic carbocycles. The lowest BCUT2D eigenvalue weighted by Crippen LogP contribution is -2.35. The van der Waals surface area contributed by atoms with Gasteiger partial charge in [-0.1, -0.05) is 32.0 Å². The number of methoxy groups -OCH3 is 1. The zero-order valence-electron chi connectivity index (χ0n) is 20.0. The van der Waals surface area contributed by atoms with E-state index in [1.54, 1.807) is 30.3 Å². The van der Waals surface area contributed by atoms with E-state index >= 15 is 0 Å². The molecule has 0 saturated carbocycles. The van der Waals surface area contributed by atoms with Crippen LogP contribution in [-0.4, -0.2) is 23.8 Å². The maximum absolute atomic E-state index is 13.2. The van der Waals surface area contributed by atoms with E-state index in [4.69, 9.17) is 19.9 Å². The number of rotatable bonds is 6. The lowest BCUT2D eigenvalue weighted by molar-refractivity contribution is -0.384. The number of halogens is 1. The number of hydrogen-bond acceptors (Lipinski definition) is 8. The van der Waals surface area contributed by atoms with E-state index < -0.39 is 16.8 Å². The molecule has 0 aromatic heterocycles. The van der Waals surface area contributed by atoms with Crippen molar-refractivity contribution in [3.63, 3.8) is 0 Å². The Balaban J connectivity index is 1.68. The van der Waals surface area contributed by atoms with Crippen molar-refractivity contribution in [3.05, 3.63) is 91.0 Å². The molecule has 0 unspecified atom stereocenters. The van der Waals surface area contributed by atoms with Crippen molar-refractivity contribution in [3.8, 4) is 5.75 Å². The minimum Gasteiger partial charge on any atom is -0.488 e. The van der Waals surface area contributed by atoms with Gasteiger partial charge in [-0.3, -0.25) is 14.9 Å². The van der Waals surface area contributed by atoms with Crippen molar-refractivity contribution < 1.29 is 28.7 Å². The summed E-state index contributed by atoms with van der Waals surface area (Å²) >= 11 is 3.51. The summed E-state index contributed by atoms with van der Waals surface area (Å²) in [6, 6.07) is 11.4. The molecule has 2 aromatic rings. The normalized spacial score (nSPS) is 18.9. The first-order chi connectivity index (χ1) is 17.0. The van der Waals surface area contributed by atoms with Gasteiger partial charge in [0.05, 0.1) is 22.4 Å². The Kier molecular flexibility index (Phi) is 6.90. The molecule has 1 aliphatic heterocycles. The van der Waals surface area contributed by atoms with Crippen LogP contribution in [0.15, 0.2) is 69.7 Å². The average Bonchev–Trinajstić information content (AvgIpc) is 2.81. The number of esters is 1. The van der Waals surface area contributed by atoms with E-state index in [9.17, 15) is 19.7 Å². The molecule has 2 aliphatic rings. The molecule has 2 N–H and O–H groups in total. The quantitative estimate of drug-likeness (QED) is 0.297. The summed E-state index contributed by atoms with van der Waals surface area (Å²) < 4.78 is 17.2. The van der Waals surface area contributed by atoms with Gasteiger partial charge in [-0.05, 0) is 44.6 Å². The minimum atomic E-state index is -0.757. The van der Waals surface area contributed by atoms with Gasteiger partial charge in [0.25, 0.3) is 5.69 Å². The molecular weight excluding hydrogens is 532 g/mol. The number of carbonyl (C=O) groups is 2. The van der Waals surface area contributed by atoms with Crippen LogP contribution in [0.2, 0.25) is 0 Å². The number of nitro groups is 1. The van der Waals surface area contributed by atoms with Gasteiger partial charge in [0, 0.05) is 30.5 Å². The molecule has 0 saturated heterocycles. The predicted octanol–water partition coefficient (Wildman–Crippen LogP) is 5.04. The first-order valence-electron chi connectivity index (χ1n) is 11.2. The average molecular weight is 557 g/mol. The van der Waals surface area contributed by atoms with Crippen molar-refractivity contribution in [2.75, 3.05) is 7.11 Å². The lowest BCUT2D eigenvalue weighted by Gasteiger charge is -2.37. The van der Waals surface area contributed by atoms with Crippen LogP contribution in [0.1, 0.15) is 43.7 Å². The van der Waals surface area contributed by atoms with E-state index in [1.807, 2.05) is 13.8 Å². The monoisotopic (exact) mass is 556 g/mol. The maximum Gasteiger partial charge on any atom is 0.340 e. The Morgan fingerprint density at radius 1 is 1.25 bits per heavy atom. The highest BCUT2D eigenvalue weighted by Crippen LogP contribution is 2.49. The molecule has 1 atom stereocenters. The highest BCUT2D eigenvalue weighted by molar-refractivity contribution is 9.10. The minimum absolute atomic E-state index is 0.0193. The number of allylic oxidation sites excluding steroid dienone is 2. The summed E-state index contributed by atoms with van der Waals surface area (Å²) in [5, 5.41) is 11.0. The van der Waals surface area contributed by atoms with Gasteiger partial charge in [-0.25, -0.2) is 4.79 Å². The molecule has 10 heteroatoms. The summed E-state index contributed by atoms with van der Waals surface area (Å²) in [5.74, 6) is -0.677. The molecule has 188 valence electrons. The van der Waals surface area contributed by atoms with E-state index in [0.717, 1.165) is 0 Å². The van der Waals surface area contributed by atoms with Crippen molar-refractivity contribution in [1.82, 2.24) is 0 Å². The summed E-state index contributed by atoms with van der Waals surface area (Å²) in [6.45, 7) is 4.07. The van der Waals surface area contributed by atoms with Crippen LogP contribution < -0.4 is 10.5 Å². The molecule has 0 amide bonds. The topological polar surface area (TPSA) is 131 Å². The molecule has 0 radical (unpaired) electrons. The Bertz CT molecular complexity index is 1330.